The van der Waals surface area contributed by atoms with Gasteiger partial charge < -0.3 is 9.84 Å². The van der Waals surface area contributed by atoms with Gasteiger partial charge in [0.2, 0.25) is 0 Å². The summed E-state index contributed by atoms with van der Waals surface area (Å²) in [5.41, 5.74) is -3.15. The maximum atomic E-state index is 17.3. The average molecular weight is 576 g/mol. The van der Waals surface area contributed by atoms with E-state index in [0.29, 0.717) is 18.4 Å². The molecule has 0 aromatic rings. The Hall–Kier alpha value is -0.860. The van der Waals surface area contributed by atoms with Gasteiger partial charge in [0.1, 0.15) is 0 Å². The molecule has 8 heteroatoms. The molecule has 4 rings (SSSR count). The van der Waals surface area contributed by atoms with Crippen molar-refractivity contribution in [1.29, 1.82) is 0 Å². The van der Waals surface area contributed by atoms with Gasteiger partial charge in [0, 0.05) is 23.1 Å². The van der Waals surface area contributed by atoms with E-state index < -0.39 is 38.8 Å². The Labute approximate surface area is 204 Å². The predicted molar refractivity (Wildman–Crippen MR) is 124 cm³/mol. The second kappa shape index (κ2) is 7.57. The number of aliphatic hydroxyl groups excluding tert-OH is 1. The summed E-state index contributed by atoms with van der Waals surface area (Å²) in [6.45, 7) is 6.56. The minimum Gasteiger partial charge on any atom is -0.458 e. The number of esters is 1. The number of halogens is 3. The molecule has 0 aromatic carbocycles. The van der Waals surface area contributed by atoms with Crippen molar-refractivity contribution in [2.45, 2.75) is 67.9 Å². The third kappa shape index (κ3) is 2.90. The highest BCUT2D eigenvalue weighted by molar-refractivity contribution is 9.10. The summed E-state index contributed by atoms with van der Waals surface area (Å²) < 4.78 is 21.3. The third-order valence-electron chi connectivity index (χ3n) is 8.93. The number of carbonyl (C=O) groups excluding carboxylic acids is 3. The standard InChI is InChI=1S/C24H29Br2FO5/c1-12-7-16-20-17(25)9-14-8-15(29)5-6-21(14,3)24(20,27)18(30)10-22(16,4)23(12,26)19(31)11-32-13(2)28/h5-6,8,12,16-18,20,30H,7,9-11H2,1-4H3/t12-,16+,17-,18+,20-,21+,22+,23+,24-/m1/s1. The summed E-state index contributed by atoms with van der Waals surface area (Å²) in [5.74, 6) is -1.89. The molecular weight excluding hydrogens is 547 g/mol. The van der Waals surface area contributed by atoms with Crippen molar-refractivity contribution in [3.8, 4) is 0 Å². The molecule has 9 atom stereocenters. The summed E-state index contributed by atoms with van der Waals surface area (Å²) >= 11 is 7.44. The normalized spacial score (nSPS) is 49.6. The van der Waals surface area contributed by atoms with Crippen molar-refractivity contribution in [2.75, 3.05) is 6.61 Å². The van der Waals surface area contributed by atoms with Gasteiger partial charge in [-0.05, 0) is 55.6 Å². The van der Waals surface area contributed by atoms with Gasteiger partial charge >= 0.3 is 5.97 Å². The maximum Gasteiger partial charge on any atom is 0.303 e. The van der Waals surface area contributed by atoms with Gasteiger partial charge in [0.05, 0.1) is 10.4 Å². The van der Waals surface area contributed by atoms with Gasteiger partial charge in [-0.3, -0.25) is 14.4 Å². The van der Waals surface area contributed by atoms with E-state index in [1.165, 1.54) is 19.1 Å². The Bertz CT molecular complexity index is 949. The number of rotatable bonds is 3. The number of carbonyl (C=O) groups is 3. The number of hydrogen-bond acceptors (Lipinski definition) is 5. The maximum absolute atomic E-state index is 17.3. The van der Waals surface area contributed by atoms with Crippen LogP contribution in [-0.4, -0.2) is 50.2 Å². The van der Waals surface area contributed by atoms with Crippen LogP contribution in [0.4, 0.5) is 4.39 Å². The lowest BCUT2D eigenvalue weighted by Crippen LogP contribution is -2.70. The molecule has 0 saturated heterocycles. The molecular formula is C24H29Br2FO5. The van der Waals surface area contributed by atoms with E-state index in [1.54, 1.807) is 13.0 Å². The zero-order chi connectivity index (χ0) is 23.9. The second-order valence-electron chi connectivity index (χ2n) is 10.4. The molecule has 0 aromatic heterocycles. The number of fused-ring (bicyclic) bond motifs is 5. The van der Waals surface area contributed by atoms with Crippen LogP contribution in [0.1, 0.15) is 47.0 Å². The fourth-order valence-electron chi connectivity index (χ4n) is 7.32. The first-order valence-electron chi connectivity index (χ1n) is 11.0. The van der Waals surface area contributed by atoms with E-state index in [4.69, 9.17) is 4.74 Å². The van der Waals surface area contributed by atoms with Crippen molar-refractivity contribution < 1.29 is 28.6 Å². The van der Waals surface area contributed by atoms with E-state index in [0.717, 1.165) is 0 Å². The fourth-order valence-corrected chi connectivity index (χ4v) is 9.18. The summed E-state index contributed by atoms with van der Waals surface area (Å²) in [6, 6.07) is 0. The van der Waals surface area contributed by atoms with Crippen molar-refractivity contribution in [3.05, 3.63) is 23.8 Å². The smallest absolute Gasteiger partial charge is 0.303 e. The first kappa shape index (κ1) is 24.3. The van der Waals surface area contributed by atoms with Gasteiger partial charge in [-0.25, -0.2) is 4.39 Å². The number of hydrogen-bond donors (Lipinski definition) is 1. The van der Waals surface area contributed by atoms with E-state index in [1.807, 2.05) is 13.8 Å². The fraction of sp³-hybridized carbons (Fsp3) is 0.708. The van der Waals surface area contributed by atoms with Crippen LogP contribution in [0.15, 0.2) is 23.8 Å². The molecule has 0 radical (unpaired) electrons. The zero-order valence-corrected chi connectivity index (χ0v) is 21.8. The number of aliphatic hydroxyl groups is 1. The van der Waals surface area contributed by atoms with Gasteiger partial charge in [-0.1, -0.05) is 57.4 Å². The molecule has 4 aliphatic carbocycles. The first-order chi connectivity index (χ1) is 14.7. The molecule has 3 saturated carbocycles. The highest BCUT2D eigenvalue weighted by Crippen LogP contribution is 2.73. The van der Waals surface area contributed by atoms with Crippen LogP contribution in [0.2, 0.25) is 0 Å². The topological polar surface area (TPSA) is 80.7 Å². The molecule has 32 heavy (non-hydrogen) atoms. The van der Waals surface area contributed by atoms with Crippen LogP contribution < -0.4 is 0 Å². The van der Waals surface area contributed by atoms with Crippen molar-refractivity contribution >= 4 is 49.4 Å². The molecule has 0 aliphatic heterocycles. The van der Waals surface area contributed by atoms with Crippen LogP contribution in [0.5, 0.6) is 0 Å². The van der Waals surface area contributed by atoms with Crippen LogP contribution >= 0.6 is 31.9 Å². The Balaban J connectivity index is 1.80. The number of alkyl halides is 3. The van der Waals surface area contributed by atoms with Gasteiger partial charge in [-0.2, -0.15) is 0 Å². The monoisotopic (exact) mass is 574 g/mol. The molecule has 0 unspecified atom stereocenters. The lowest BCUT2D eigenvalue weighted by molar-refractivity contribution is -0.190. The van der Waals surface area contributed by atoms with Crippen molar-refractivity contribution in [2.24, 2.45) is 28.6 Å². The van der Waals surface area contributed by atoms with E-state index in [2.05, 4.69) is 31.9 Å². The number of ether oxygens (including phenoxy) is 1. The number of ketones is 2. The lowest BCUT2D eigenvalue weighted by Gasteiger charge is -2.64. The minimum atomic E-state index is -2.00. The molecule has 4 aliphatic rings. The summed E-state index contributed by atoms with van der Waals surface area (Å²) in [7, 11) is 0. The van der Waals surface area contributed by atoms with E-state index >= 15 is 4.39 Å². The lowest BCUT2D eigenvalue weighted by atomic mass is 9.45. The van der Waals surface area contributed by atoms with Gasteiger partial charge in [0.25, 0.3) is 0 Å². The van der Waals surface area contributed by atoms with Crippen molar-refractivity contribution in [3.63, 3.8) is 0 Å². The molecule has 176 valence electrons. The van der Waals surface area contributed by atoms with E-state index in [-0.39, 0.29) is 41.3 Å². The molecule has 0 amide bonds. The summed E-state index contributed by atoms with van der Waals surface area (Å²) in [4.78, 5) is 36.4. The molecule has 0 spiro atoms. The number of Topliss-reactive ketones (excluding diaryl/α,β-unsaturated/α-hetero) is 1. The van der Waals surface area contributed by atoms with Crippen LogP contribution in [0, 0.1) is 28.6 Å². The highest BCUT2D eigenvalue weighted by atomic mass is 79.9. The minimum absolute atomic E-state index is 0.0798. The Morgan fingerprint density at radius 2 is 2.00 bits per heavy atom. The largest absolute Gasteiger partial charge is 0.458 e. The SMILES string of the molecule is CC(=O)OCC(=O)[C@@]1(Br)[C@H](C)C[C@H]2[C@@H]3[C@H](Br)CC4=CC(=O)C=C[C@]4(C)[C@@]3(F)[C@@H](O)C[C@@]21C. The average Bonchev–Trinajstić information content (AvgIpc) is 2.89. The van der Waals surface area contributed by atoms with Crippen molar-refractivity contribution in [1.82, 2.24) is 0 Å². The molecule has 5 nitrogen and oxygen atoms in total. The molecule has 0 bridgehead atoms. The molecule has 0 heterocycles. The highest BCUT2D eigenvalue weighted by Gasteiger charge is 2.76. The Morgan fingerprint density at radius 1 is 1.34 bits per heavy atom. The molecule has 1 N–H and O–H groups in total. The molecule has 3 fully saturated rings. The first-order valence-corrected chi connectivity index (χ1v) is 12.7. The third-order valence-corrected chi connectivity index (χ3v) is 12.0. The van der Waals surface area contributed by atoms with Crippen LogP contribution in [-0.2, 0) is 19.1 Å². The van der Waals surface area contributed by atoms with Crippen LogP contribution in [0.3, 0.4) is 0 Å². The number of allylic oxidation sites excluding steroid dienone is 4. The van der Waals surface area contributed by atoms with Gasteiger partial charge in [-0.15, -0.1) is 0 Å². The quantitative estimate of drug-likeness (QED) is 0.402. The predicted octanol–water partition coefficient (Wildman–Crippen LogP) is 4.24. The Morgan fingerprint density at radius 3 is 2.62 bits per heavy atom. The Kier molecular flexibility index (Phi) is 5.74. The summed E-state index contributed by atoms with van der Waals surface area (Å²) in [5, 5.41) is 11.4. The van der Waals surface area contributed by atoms with Gasteiger partial charge in [0.15, 0.2) is 23.8 Å². The zero-order valence-electron chi connectivity index (χ0n) is 18.7. The second-order valence-corrected chi connectivity index (χ2v) is 12.8. The summed E-state index contributed by atoms with van der Waals surface area (Å²) in [6.07, 6.45) is 4.34. The van der Waals surface area contributed by atoms with E-state index in [9.17, 15) is 19.5 Å². The van der Waals surface area contributed by atoms with Crippen LogP contribution in [0.25, 0.3) is 0 Å².